The van der Waals surface area contributed by atoms with Crippen molar-refractivity contribution in [2.24, 2.45) is 5.92 Å². The topological polar surface area (TPSA) is 92.5 Å². The number of rotatable bonds is 4. The van der Waals surface area contributed by atoms with Crippen LogP contribution in [0.1, 0.15) is 6.42 Å². The molecule has 0 spiro atoms. The largest absolute Gasteiger partial charge is 0.325 e. The van der Waals surface area contributed by atoms with Gasteiger partial charge in [0.1, 0.15) is 5.92 Å². The molecule has 2 aromatic rings. The zero-order valence-electron chi connectivity index (χ0n) is 13.3. The molecule has 9 heteroatoms. The van der Waals surface area contributed by atoms with Crippen molar-refractivity contribution in [2.45, 2.75) is 6.42 Å². The quantitative estimate of drug-likeness (QED) is 0.515. The Kier molecular flexibility index (Phi) is 4.61. The van der Waals surface area contributed by atoms with Crippen molar-refractivity contribution in [1.29, 1.82) is 0 Å². The van der Waals surface area contributed by atoms with Gasteiger partial charge in [0.15, 0.2) is 11.6 Å². The van der Waals surface area contributed by atoms with E-state index < -0.39 is 34.3 Å². The van der Waals surface area contributed by atoms with Gasteiger partial charge in [-0.15, -0.1) is 0 Å². The summed E-state index contributed by atoms with van der Waals surface area (Å²) in [6.07, 6.45) is 0.193. The van der Waals surface area contributed by atoms with Gasteiger partial charge >= 0.3 is 0 Å². The highest BCUT2D eigenvalue weighted by atomic mass is 19.2. The smallest absolute Gasteiger partial charge is 0.271 e. The van der Waals surface area contributed by atoms with E-state index in [1.807, 2.05) is 0 Å². The number of halogens is 2. The number of nitrogens with one attached hydrogen (secondary N) is 1. The Balaban J connectivity index is 1.73. The second kappa shape index (κ2) is 6.87. The zero-order chi connectivity index (χ0) is 18.8. The summed E-state index contributed by atoms with van der Waals surface area (Å²) in [5, 5.41) is 13.3. The van der Waals surface area contributed by atoms with Crippen LogP contribution in [-0.4, -0.2) is 23.3 Å². The van der Waals surface area contributed by atoms with E-state index in [0.717, 1.165) is 12.1 Å². The molecule has 2 aromatic carbocycles. The Labute approximate surface area is 146 Å². The van der Waals surface area contributed by atoms with Crippen LogP contribution in [0.4, 0.5) is 25.8 Å². The summed E-state index contributed by atoms with van der Waals surface area (Å²) in [4.78, 5) is 36.2. The lowest BCUT2D eigenvalue weighted by molar-refractivity contribution is -0.384. The number of carbonyl (C=O) groups is 2. The van der Waals surface area contributed by atoms with Crippen molar-refractivity contribution in [3.8, 4) is 0 Å². The number of nitro groups is 1. The van der Waals surface area contributed by atoms with Crippen LogP contribution in [-0.2, 0) is 9.59 Å². The maximum atomic E-state index is 13.4. The third kappa shape index (κ3) is 3.37. The first-order chi connectivity index (χ1) is 12.4. The summed E-state index contributed by atoms with van der Waals surface area (Å²) < 4.78 is 26.4. The number of non-ortho nitro benzene ring substituents is 1. The molecule has 3 rings (SSSR count). The highest BCUT2D eigenvalue weighted by Crippen LogP contribution is 2.28. The molecule has 1 unspecified atom stereocenters. The predicted molar refractivity (Wildman–Crippen MR) is 88.5 cm³/mol. The highest BCUT2D eigenvalue weighted by Gasteiger charge is 2.38. The van der Waals surface area contributed by atoms with Gasteiger partial charge in [0.05, 0.1) is 4.92 Å². The van der Waals surface area contributed by atoms with Gasteiger partial charge in [-0.25, -0.2) is 8.78 Å². The number of hydrogen-bond donors (Lipinski definition) is 1. The van der Waals surface area contributed by atoms with E-state index in [1.165, 1.54) is 35.2 Å². The van der Waals surface area contributed by atoms with Gasteiger partial charge in [-0.3, -0.25) is 19.7 Å². The second-order valence-corrected chi connectivity index (χ2v) is 5.73. The maximum absolute atomic E-state index is 13.4. The molecule has 1 aliphatic heterocycles. The predicted octanol–water partition coefficient (Wildman–Crippen LogP) is 2.86. The Morgan fingerprint density at radius 1 is 1.19 bits per heavy atom. The van der Waals surface area contributed by atoms with E-state index in [1.54, 1.807) is 0 Å². The molecule has 0 aliphatic carbocycles. The van der Waals surface area contributed by atoms with Gasteiger partial charge in [0.2, 0.25) is 11.8 Å². The van der Waals surface area contributed by atoms with Crippen LogP contribution in [0.5, 0.6) is 0 Å². The Bertz CT molecular complexity index is 903. The highest BCUT2D eigenvalue weighted by molar-refractivity contribution is 6.13. The van der Waals surface area contributed by atoms with Crippen molar-refractivity contribution in [3.05, 3.63) is 64.2 Å². The molecule has 0 radical (unpaired) electrons. The normalized spacial score (nSPS) is 16.6. The molecule has 2 amide bonds. The molecule has 1 atom stereocenters. The Morgan fingerprint density at radius 3 is 2.65 bits per heavy atom. The maximum Gasteiger partial charge on any atom is 0.271 e. The SMILES string of the molecule is O=C(Nc1cccc([N+](=O)[O-])c1)C1CCN(c2ccc(F)c(F)c2)C1=O. The molecule has 1 fully saturated rings. The average molecular weight is 361 g/mol. The molecule has 134 valence electrons. The molecule has 0 saturated carbocycles. The van der Waals surface area contributed by atoms with Gasteiger partial charge in [-0.2, -0.15) is 0 Å². The number of carbonyl (C=O) groups excluding carboxylic acids is 2. The second-order valence-electron chi connectivity index (χ2n) is 5.73. The minimum Gasteiger partial charge on any atom is -0.325 e. The van der Waals surface area contributed by atoms with Crippen LogP contribution in [0.25, 0.3) is 0 Å². The number of amides is 2. The molecule has 7 nitrogen and oxygen atoms in total. The van der Waals surface area contributed by atoms with Crippen molar-refractivity contribution in [2.75, 3.05) is 16.8 Å². The summed E-state index contributed by atoms with van der Waals surface area (Å²) in [6, 6.07) is 8.42. The third-order valence-corrected chi connectivity index (χ3v) is 4.06. The van der Waals surface area contributed by atoms with Gasteiger partial charge in [-0.05, 0) is 24.6 Å². The minimum atomic E-state index is -1.08. The molecule has 0 aromatic heterocycles. The summed E-state index contributed by atoms with van der Waals surface area (Å²) >= 11 is 0. The molecule has 0 bridgehead atoms. The first kappa shape index (κ1) is 17.5. The average Bonchev–Trinajstić information content (AvgIpc) is 2.99. The number of hydrogen-bond acceptors (Lipinski definition) is 4. The molecule has 1 aliphatic rings. The van der Waals surface area contributed by atoms with Crippen molar-refractivity contribution in [1.82, 2.24) is 0 Å². The van der Waals surface area contributed by atoms with Crippen molar-refractivity contribution >= 4 is 28.9 Å². The summed E-state index contributed by atoms with van der Waals surface area (Å²) in [5.41, 5.74) is 0.173. The van der Waals surface area contributed by atoms with E-state index in [4.69, 9.17) is 0 Å². The lowest BCUT2D eigenvalue weighted by Gasteiger charge is -2.17. The van der Waals surface area contributed by atoms with E-state index >= 15 is 0 Å². The fraction of sp³-hybridized carbons (Fsp3) is 0.176. The number of nitrogens with zero attached hydrogens (tertiary/aromatic N) is 2. The monoisotopic (exact) mass is 361 g/mol. The molecule has 1 heterocycles. The Morgan fingerprint density at radius 2 is 1.96 bits per heavy atom. The van der Waals surface area contributed by atoms with Crippen LogP contribution in [0.15, 0.2) is 42.5 Å². The van der Waals surface area contributed by atoms with Crippen LogP contribution in [0.3, 0.4) is 0 Å². The standard InChI is InChI=1S/C17H13F2N3O4/c18-14-5-4-11(9-15(14)19)21-7-6-13(17(21)24)16(23)20-10-2-1-3-12(8-10)22(25)26/h1-5,8-9,13H,6-7H2,(H,20,23). The van der Waals surface area contributed by atoms with Crippen LogP contribution in [0.2, 0.25) is 0 Å². The van der Waals surface area contributed by atoms with Gasteiger partial charge in [-0.1, -0.05) is 6.07 Å². The van der Waals surface area contributed by atoms with Crippen molar-refractivity contribution in [3.63, 3.8) is 0 Å². The molecule has 26 heavy (non-hydrogen) atoms. The van der Waals surface area contributed by atoms with E-state index in [0.29, 0.717) is 0 Å². The van der Waals surface area contributed by atoms with Crippen molar-refractivity contribution < 1.29 is 23.3 Å². The zero-order valence-corrected chi connectivity index (χ0v) is 13.3. The number of benzene rings is 2. The first-order valence-electron chi connectivity index (χ1n) is 7.68. The van der Waals surface area contributed by atoms with Gasteiger partial charge in [0, 0.05) is 36.1 Å². The van der Waals surface area contributed by atoms with Crippen LogP contribution >= 0.6 is 0 Å². The lowest BCUT2D eigenvalue weighted by atomic mass is 10.1. The van der Waals surface area contributed by atoms with Crippen LogP contribution < -0.4 is 10.2 Å². The first-order valence-corrected chi connectivity index (χ1v) is 7.68. The molecular formula is C17H13F2N3O4. The Hall–Kier alpha value is -3.36. The van der Waals surface area contributed by atoms with Gasteiger partial charge < -0.3 is 10.2 Å². The lowest BCUT2D eigenvalue weighted by Crippen LogP contribution is -2.33. The molecule has 1 saturated heterocycles. The fourth-order valence-electron chi connectivity index (χ4n) is 2.76. The summed E-state index contributed by atoms with van der Waals surface area (Å²) in [6.45, 7) is 0.178. The molecular weight excluding hydrogens is 348 g/mol. The van der Waals surface area contributed by atoms with E-state index in [9.17, 15) is 28.5 Å². The summed E-state index contributed by atoms with van der Waals surface area (Å²) in [7, 11) is 0. The molecule has 1 N–H and O–H groups in total. The number of anilines is 2. The van der Waals surface area contributed by atoms with Crippen LogP contribution in [0, 0.1) is 27.7 Å². The number of nitro benzene ring substituents is 1. The third-order valence-electron chi connectivity index (χ3n) is 4.06. The fourth-order valence-corrected chi connectivity index (χ4v) is 2.76. The summed E-state index contributed by atoms with van der Waals surface area (Å²) in [5.74, 6) is -4.28. The van der Waals surface area contributed by atoms with E-state index in [-0.39, 0.29) is 30.0 Å². The van der Waals surface area contributed by atoms with E-state index in [2.05, 4.69) is 5.32 Å². The minimum absolute atomic E-state index is 0.166. The van der Waals surface area contributed by atoms with Gasteiger partial charge in [0.25, 0.3) is 5.69 Å².